The van der Waals surface area contributed by atoms with E-state index in [-0.39, 0.29) is 6.10 Å². The summed E-state index contributed by atoms with van der Waals surface area (Å²) in [5.74, 6) is 1.04. The number of anilines is 2. The molecule has 1 fully saturated rings. The lowest BCUT2D eigenvalue weighted by atomic mass is 10.1. The van der Waals surface area contributed by atoms with Gasteiger partial charge in [0.2, 0.25) is 5.95 Å². The first kappa shape index (κ1) is 23.6. The van der Waals surface area contributed by atoms with Crippen LogP contribution in [0, 0.1) is 11.3 Å². The van der Waals surface area contributed by atoms with Gasteiger partial charge in [0.1, 0.15) is 17.9 Å². The predicted molar refractivity (Wildman–Crippen MR) is 128 cm³/mol. The molecular formula is C25H28N6O3. The Labute approximate surface area is 199 Å². The minimum atomic E-state index is 0.0705. The molecule has 1 saturated heterocycles. The molecule has 1 aliphatic rings. The van der Waals surface area contributed by atoms with Crippen LogP contribution in [0.3, 0.4) is 0 Å². The molecule has 1 aromatic carbocycles. The molecule has 0 saturated carbocycles. The lowest BCUT2D eigenvalue weighted by molar-refractivity contribution is 0.0254. The molecule has 0 amide bonds. The van der Waals surface area contributed by atoms with Crippen LogP contribution in [-0.2, 0) is 16.0 Å². The molecule has 9 nitrogen and oxygen atoms in total. The number of rotatable bonds is 10. The van der Waals surface area contributed by atoms with Gasteiger partial charge in [-0.05, 0) is 35.9 Å². The Balaban J connectivity index is 1.45. The van der Waals surface area contributed by atoms with Crippen molar-refractivity contribution in [2.45, 2.75) is 25.5 Å². The summed E-state index contributed by atoms with van der Waals surface area (Å²) in [4.78, 5) is 13.2. The highest BCUT2D eigenvalue weighted by atomic mass is 16.5. The van der Waals surface area contributed by atoms with Crippen molar-refractivity contribution >= 4 is 11.6 Å². The molecule has 0 radical (unpaired) electrons. The zero-order valence-electron chi connectivity index (χ0n) is 19.2. The van der Waals surface area contributed by atoms with Gasteiger partial charge in [-0.15, -0.1) is 0 Å². The second kappa shape index (κ2) is 12.0. The average Bonchev–Trinajstić information content (AvgIpc) is 2.88. The third kappa shape index (κ3) is 6.48. The van der Waals surface area contributed by atoms with Crippen molar-refractivity contribution in [2.75, 3.05) is 38.8 Å². The maximum absolute atomic E-state index is 9.67. The second-order valence-electron chi connectivity index (χ2n) is 7.89. The van der Waals surface area contributed by atoms with E-state index in [4.69, 9.17) is 14.2 Å². The van der Waals surface area contributed by atoms with Gasteiger partial charge in [0.25, 0.3) is 0 Å². The monoisotopic (exact) mass is 460 g/mol. The van der Waals surface area contributed by atoms with E-state index in [0.29, 0.717) is 49.3 Å². The minimum absolute atomic E-state index is 0.0705. The van der Waals surface area contributed by atoms with Crippen molar-refractivity contribution in [1.29, 1.82) is 5.26 Å². The Morgan fingerprint density at radius 3 is 2.88 bits per heavy atom. The van der Waals surface area contributed by atoms with Gasteiger partial charge in [0.05, 0.1) is 43.0 Å². The first-order valence-electron chi connectivity index (χ1n) is 11.3. The molecule has 176 valence electrons. The summed E-state index contributed by atoms with van der Waals surface area (Å²) in [6.45, 7) is 3.48. The Kier molecular flexibility index (Phi) is 8.35. The van der Waals surface area contributed by atoms with Crippen LogP contribution in [0.4, 0.5) is 11.6 Å². The first-order valence-corrected chi connectivity index (χ1v) is 11.3. The number of benzene rings is 1. The molecule has 0 aliphatic carbocycles. The number of pyridine rings is 1. The summed E-state index contributed by atoms with van der Waals surface area (Å²) >= 11 is 0. The van der Waals surface area contributed by atoms with E-state index >= 15 is 0 Å². The fraction of sp³-hybridized carbons (Fsp3) is 0.360. The van der Waals surface area contributed by atoms with E-state index in [1.807, 2.05) is 30.5 Å². The van der Waals surface area contributed by atoms with E-state index in [9.17, 15) is 5.26 Å². The molecule has 2 N–H and O–H groups in total. The zero-order valence-corrected chi connectivity index (χ0v) is 19.2. The maximum atomic E-state index is 9.67. The molecule has 4 rings (SSSR count). The lowest BCUT2D eigenvalue weighted by Gasteiger charge is -2.23. The number of aromatic nitrogens is 3. The fourth-order valence-electron chi connectivity index (χ4n) is 3.62. The van der Waals surface area contributed by atoms with Gasteiger partial charge in [-0.1, -0.05) is 0 Å². The standard InChI is InChI=1S/C25H28N6O3/c1-32-11-8-27-15-18-12-21(17-28-16-18)30-25-29-7-4-23(31-25)19-2-3-24(20(13-19)14-26)34-22-5-9-33-10-6-22/h2-4,7,12-13,16-17,22,27H,5-6,8-11,15H2,1H3,(H,29,30,31). The van der Waals surface area contributed by atoms with Gasteiger partial charge in [-0.3, -0.25) is 4.98 Å². The summed E-state index contributed by atoms with van der Waals surface area (Å²) < 4.78 is 16.5. The van der Waals surface area contributed by atoms with Crippen molar-refractivity contribution in [3.63, 3.8) is 0 Å². The number of nitriles is 1. The average molecular weight is 461 g/mol. The molecule has 3 aromatic rings. The van der Waals surface area contributed by atoms with Gasteiger partial charge in [-0.25, -0.2) is 9.97 Å². The van der Waals surface area contributed by atoms with Gasteiger partial charge in [0, 0.05) is 51.0 Å². The van der Waals surface area contributed by atoms with Crippen molar-refractivity contribution in [1.82, 2.24) is 20.3 Å². The Morgan fingerprint density at radius 2 is 2.06 bits per heavy atom. The Hall–Kier alpha value is -3.58. The van der Waals surface area contributed by atoms with E-state index in [0.717, 1.165) is 36.2 Å². The summed E-state index contributed by atoms with van der Waals surface area (Å²) in [6, 6.07) is 11.6. The summed E-state index contributed by atoms with van der Waals surface area (Å²) in [5, 5.41) is 16.2. The summed E-state index contributed by atoms with van der Waals surface area (Å²) in [5.41, 5.74) is 3.83. The molecule has 0 spiro atoms. The second-order valence-corrected chi connectivity index (χ2v) is 7.89. The molecule has 0 atom stereocenters. The molecular weight excluding hydrogens is 432 g/mol. The molecule has 1 aliphatic heterocycles. The quantitative estimate of drug-likeness (QED) is 0.439. The van der Waals surface area contributed by atoms with Gasteiger partial charge >= 0.3 is 0 Å². The van der Waals surface area contributed by atoms with Gasteiger partial charge < -0.3 is 24.8 Å². The molecule has 3 heterocycles. The van der Waals surface area contributed by atoms with Crippen LogP contribution in [0.1, 0.15) is 24.0 Å². The SMILES string of the molecule is COCCNCc1cncc(Nc2nccc(-c3ccc(OC4CCOCC4)c(C#N)c3)n2)c1. The smallest absolute Gasteiger partial charge is 0.227 e. The minimum Gasteiger partial charge on any atom is -0.489 e. The number of nitrogens with zero attached hydrogens (tertiary/aromatic N) is 4. The van der Waals surface area contributed by atoms with Crippen molar-refractivity contribution in [3.8, 4) is 23.1 Å². The van der Waals surface area contributed by atoms with Crippen molar-refractivity contribution in [3.05, 3.63) is 60.0 Å². The molecule has 34 heavy (non-hydrogen) atoms. The largest absolute Gasteiger partial charge is 0.489 e. The van der Waals surface area contributed by atoms with Crippen LogP contribution in [0.5, 0.6) is 5.75 Å². The number of methoxy groups -OCH3 is 1. The highest BCUT2D eigenvalue weighted by Crippen LogP contribution is 2.28. The van der Waals surface area contributed by atoms with Gasteiger partial charge in [-0.2, -0.15) is 5.26 Å². The molecule has 0 bridgehead atoms. The third-order valence-corrected chi connectivity index (χ3v) is 5.38. The zero-order chi connectivity index (χ0) is 23.6. The van der Waals surface area contributed by atoms with Crippen LogP contribution in [-0.4, -0.2) is 54.5 Å². The van der Waals surface area contributed by atoms with E-state index in [1.54, 1.807) is 25.6 Å². The van der Waals surface area contributed by atoms with E-state index in [2.05, 4.69) is 31.7 Å². The highest BCUT2D eigenvalue weighted by Gasteiger charge is 2.17. The normalized spacial score (nSPS) is 13.9. The van der Waals surface area contributed by atoms with Crippen LogP contribution >= 0.6 is 0 Å². The summed E-state index contributed by atoms with van der Waals surface area (Å²) in [7, 11) is 1.68. The van der Waals surface area contributed by atoms with Crippen molar-refractivity contribution in [2.24, 2.45) is 0 Å². The number of hydrogen-bond acceptors (Lipinski definition) is 9. The topological polar surface area (TPSA) is 114 Å². The molecule has 0 unspecified atom stereocenters. The molecule has 9 heteroatoms. The van der Waals surface area contributed by atoms with Crippen LogP contribution < -0.4 is 15.4 Å². The number of ether oxygens (including phenoxy) is 3. The van der Waals surface area contributed by atoms with Crippen LogP contribution in [0.25, 0.3) is 11.3 Å². The van der Waals surface area contributed by atoms with Crippen molar-refractivity contribution < 1.29 is 14.2 Å². The van der Waals surface area contributed by atoms with E-state index in [1.165, 1.54) is 0 Å². The Morgan fingerprint density at radius 1 is 1.18 bits per heavy atom. The van der Waals surface area contributed by atoms with Crippen LogP contribution in [0.2, 0.25) is 0 Å². The maximum Gasteiger partial charge on any atom is 0.227 e. The van der Waals surface area contributed by atoms with Crippen LogP contribution in [0.15, 0.2) is 48.9 Å². The fourth-order valence-corrected chi connectivity index (χ4v) is 3.62. The molecule has 2 aromatic heterocycles. The lowest BCUT2D eigenvalue weighted by Crippen LogP contribution is -2.26. The number of nitrogens with one attached hydrogen (secondary N) is 2. The van der Waals surface area contributed by atoms with E-state index < -0.39 is 0 Å². The number of hydrogen-bond donors (Lipinski definition) is 2. The first-order chi connectivity index (χ1) is 16.7. The Bertz CT molecular complexity index is 1130. The highest BCUT2D eigenvalue weighted by molar-refractivity contribution is 5.65. The summed E-state index contributed by atoms with van der Waals surface area (Å²) in [6.07, 6.45) is 6.95. The predicted octanol–water partition coefficient (Wildman–Crippen LogP) is 3.45. The van der Waals surface area contributed by atoms with Gasteiger partial charge in [0.15, 0.2) is 0 Å². The third-order valence-electron chi connectivity index (χ3n) is 5.38.